The number of hydrogen-bond donors (Lipinski definition) is 2. The van der Waals surface area contributed by atoms with Gasteiger partial charge in [0.05, 0.1) is 0 Å². The Hall–Kier alpha value is -2.95. The number of benzene rings is 2. The lowest BCUT2D eigenvalue weighted by molar-refractivity contribution is -0.116. The molecule has 2 amide bonds. The molecule has 0 radical (unpaired) electrons. The van der Waals surface area contributed by atoms with E-state index in [1.54, 1.807) is 24.3 Å². The van der Waals surface area contributed by atoms with Crippen LogP contribution in [0.5, 0.6) is 0 Å². The maximum atomic E-state index is 12.2. The molecule has 0 aliphatic carbocycles. The summed E-state index contributed by atoms with van der Waals surface area (Å²) in [5.74, 6) is -0.821. The Labute approximate surface area is 147 Å². The molecule has 25 heavy (non-hydrogen) atoms. The van der Waals surface area contributed by atoms with E-state index in [9.17, 15) is 14.4 Å². The van der Waals surface area contributed by atoms with Gasteiger partial charge in [-0.3, -0.25) is 14.4 Å². The summed E-state index contributed by atoms with van der Waals surface area (Å²) in [7, 11) is 0. The van der Waals surface area contributed by atoms with Crippen LogP contribution in [0.2, 0.25) is 0 Å². The molecule has 5 nitrogen and oxygen atoms in total. The van der Waals surface area contributed by atoms with Crippen molar-refractivity contribution in [1.29, 1.82) is 0 Å². The minimum absolute atomic E-state index is 0.0534. The molecule has 0 fully saturated rings. The van der Waals surface area contributed by atoms with E-state index in [0.29, 0.717) is 16.8 Å². The first kappa shape index (κ1) is 18.4. The first-order valence-corrected chi connectivity index (χ1v) is 8.31. The number of aryl methyl sites for hydroxylation is 1. The molecule has 2 aromatic rings. The highest BCUT2D eigenvalue weighted by molar-refractivity contribution is 6.00. The van der Waals surface area contributed by atoms with Crippen LogP contribution >= 0.6 is 0 Å². The molecular weight excluding hydrogens is 316 g/mol. The molecule has 0 bridgehead atoms. The molecule has 0 heterocycles. The summed E-state index contributed by atoms with van der Waals surface area (Å²) in [6, 6.07) is 13.8. The summed E-state index contributed by atoms with van der Waals surface area (Å²) >= 11 is 0. The van der Waals surface area contributed by atoms with Crippen molar-refractivity contribution in [1.82, 2.24) is 0 Å². The van der Waals surface area contributed by atoms with E-state index in [4.69, 9.17) is 5.73 Å². The maximum absolute atomic E-state index is 12.2. The van der Waals surface area contributed by atoms with Crippen LogP contribution < -0.4 is 11.1 Å². The van der Waals surface area contributed by atoms with E-state index >= 15 is 0 Å². The number of nitrogens with one attached hydrogen (secondary N) is 1. The summed E-state index contributed by atoms with van der Waals surface area (Å²) in [5, 5.41) is 2.70. The molecule has 0 spiro atoms. The number of ketones is 1. The molecule has 0 atom stereocenters. The molecule has 2 rings (SSSR count). The molecule has 0 aliphatic heterocycles. The number of primary amides is 1. The number of rotatable bonds is 8. The van der Waals surface area contributed by atoms with Crippen molar-refractivity contribution in [2.75, 3.05) is 5.32 Å². The van der Waals surface area contributed by atoms with Gasteiger partial charge in [-0.15, -0.1) is 0 Å². The summed E-state index contributed by atoms with van der Waals surface area (Å²) in [6.45, 7) is 2.11. The second kappa shape index (κ2) is 8.78. The molecule has 2 aromatic carbocycles. The van der Waals surface area contributed by atoms with Crippen molar-refractivity contribution in [2.24, 2.45) is 5.73 Å². The third-order valence-electron chi connectivity index (χ3n) is 3.85. The number of anilines is 1. The fraction of sp³-hybridized carbons (Fsp3) is 0.250. The number of Topliss-reactive ketones (excluding diaryl/α,β-unsaturated/α-hetero) is 1. The summed E-state index contributed by atoms with van der Waals surface area (Å²) < 4.78 is 0. The third kappa shape index (κ3) is 5.57. The second-order valence-corrected chi connectivity index (χ2v) is 5.86. The lowest BCUT2D eigenvalue weighted by Gasteiger charge is -2.06. The van der Waals surface area contributed by atoms with Crippen molar-refractivity contribution < 1.29 is 14.4 Å². The Kier molecular flexibility index (Phi) is 6.46. The van der Waals surface area contributed by atoms with Crippen molar-refractivity contribution in [3.63, 3.8) is 0 Å². The monoisotopic (exact) mass is 338 g/mol. The van der Waals surface area contributed by atoms with Crippen molar-refractivity contribution in [3.05, 3.63) is 65.2 Å². The third-order valence-corrected chi connectivity index (χ3v) is 3.85. The van der Waals surface area contributed by atoms with E-state index in [-0.39, 0.29) is 24.5 Å². The maximum Gasteiger partial charge on any atom is 0.248 e. The predicted molar refractivity (Wildman–Crippen MR) is 97.6 cm³/mol. The minimum atomic E-state index is -0.520. The second-order valence-electron chi connectivity index (χ2n) is 5.86. The normalized spacial score (nSPS) is 10.3. The molecule has 0 aliphatic rings. The van der Waals surface area contributed by atoms with Gasteiger partial charge >= 0.3 is 0 Å². The smallest absolute Gasteiger partial charge is 0.248 e. The SMILES string of the molecule is CCCc1ccc(C(=O)CCC(=O)Nc2ccc(C(N)=O)cc2)cc1. The molecule has 0 unspecified atom stereocenters. The largest absolute Gasteiger partial charge is 0.366 e. The number of carbonyl (C=O) groups excluding carboxylic acids is 3. The van der Waals surface area contributed by atoms with Crippen molar-refractivity contribution in [2.45, 2.75) is 32.6 Å². The zero-order valence-electron chi connectivity index (χ0n) is 14.2. The predicted octanol–water partition coefficient (Wildman–Crippen LogP) is 3.34. The highest BCUT2D eigenvalue weighted by atomic mass is 16.2. The van der Waals surface area contributed by atoms with Gasteiger partial charge in [0.2, 0.25) is 11.8 Å². The van der Waals surface area contributed by atoms with E-state index in [1.807, 2.05) is 24.3 Å². The minimum Gasteiger partial charge on any atom is -0.366 e. The van der Waals surface area contributed by atoms with Gasteiger partial charge in [-0.25, -0.2) is 0 Å². The first-order chi connectivity index (χ1) is 12.0. The molecule has 0 aromatic heterocycles. The van der Waals surface area contributed by atoms with Gasteiger partial charge in [0, 0.05) is 29.7 Å². The lowest BCUT2D eigenvalue weighted by atomic mass is 10.0. The van der Waals surface area contributed by atoms with E-state index < -0.39 is 5.91 Å². The summed E-state index contributed by atoms with van der Waals surface area (Å²) in [4.78, 5) is 35.1. The number of amides is 2. The Bertz CT molecular complexity index is 750. The van der Waals surface area contributed by atoms with Gasteiger partial charge in [0.1, 0.15) is 0 Å². The fourth-order valence-electron chi connectivity index (χ4n) is 2.46. The van der Waals surface area contributed by atoms with Gasteiger partial charge in [-0.05, 0) is 36.2 Å². The molecule has 5 heteroatoms. The first-order valence-electron chi connectivity index (χ1n) is 8.31. The molecule has 130 valence electrons. The van der Waals surface area contributed by atoms with Gasteiger partial charge in [0.15, 0.2) is 5.78 Å². The van der Waals surface area contributed by atoms with Crippen LogP contribution in [0.3, 0.4) is 0 Å². The average Bonchev–Trinajstić information content (AvgIpc) is 2.61. The molecule has 0 saturated carbocycles. The van der Waals surface area contributed by atoms with E-state index in [2.05, 4.69) is 12.2 Å². The van der Waals surface area contributed by atoms with Gasteiger partial charge < -0.3 is 11.1 Å². The Morgan fingerprint density at radius 1 is 0.880 bits per heavy atom. The van der Waals surface area contributed by atoms with Crippen LogP contribution in [-0.2, 0) is 11.2 Å². The van der Waals surface area contributed by atoms with E-state index in [1.165, 1.54) is 5.56 Å². The highest BCUT2D eigenvalue weighted by Crippen LogP contribution is 2.12. The highest BCUT2D eigenvalue weighted by Gasteiger charge is 2.10. The standard InChI is InChI=1S/C20H22N2O3/c1-2-3-14-4-6-15(7-5-14)18(23)12-13-19(24)22-17-10-8-16(9-11-17)20(21)25/h4-11H,2-3,12-13H2,1H3,(H2,21,25)(H,22,24). The van der Waals surface area contributed by atoms with Crippen molar-refractivity contribution in [3.8, 4) is 0 Å². The number of hydrogen-bond acceptors (Lipinski definition) is 3. The zero-order chi connectivity index (χ0) is 18.2. The van der Waals surface area contributed by atoms with Gasteiger partial charge in [0.25, 0.3) is 0 Å². The van der Waals surface area contributed by atoms with Crippen LogP contribution in [0, 0.1) is 0 Å². The Morgan fingerprint density at radius 2 is 1.48 bits per heavy atom. The Balaban J connectivity index is 1.84. The van der Waals surface area contributed by atoms with Gasteiger partial charge in [-0.2, -0.15) is 0 Å². The average molecular weight is 338 g/mol. The number of carbonyl (C=O) groups is 3. The zero-order valence-corrected chi connectivity index (χ0v) is 14.2. The van der Waals surface area contributed by atoms with Crippen molar-refractivity contribution >= 4 is 23.3 Å². The molecule has 0 saturated heterocycles. The van der Waals surface area contributed by atoms with Crippen LogP contribution in [0.15, 0.2) is 48.5 Å². The molecular formula is C20H22N2O3. The summed E-state index contributed by atoms with van der Waals surface area (Å²) in [6.07, 6.45) is 2.31. The fourth-order valence-corrected chi connectivity index (χ4v) is 2.46. The van der Waals surface area contributed by atoms with Gasteiger partial charge in [-0.1, -0.05) is 37.6 Å². The number of nitrogens with two attached hydrogens (primary N) is 1. The van der Waals surface area contributed by atoms with E-state index in [0.717, 1.165) is 12.8 Å². The molecule has 3 N–H and O–H groups in total. The van der Waals surface area contributed by atoms with Crippen LogP contribution in [-0.4, -0.2) is 17.6 Å². The topological polar surface area (TPSA) is 89.3 Å². The van der Waals surface area contributed by atoms with Crippen LogP contribution in [0.25, 0.3) is 0 Å². The summed E-state index contributed by atoms with van der Waals surface area (Å²) in [5.41, 5.74) is 7.93. The Morgan fingerprint density at radius 3 is 2.04 bits per heavy atom. The van der Waals surface area contributed by atoms with Crippen LogP contribution in [0.4, 0.5) is 5.69 Å². The lowest BCUT2D eigenvalue weighted by Crippen LogP contribution is -2.14. The van der Waals surface area contributed by atoms with Crippen LogP contribution in [0.1, 0.15) is 52.5 Å². The quantitative estimate of drug-likeness (QED) is 0.723.